The fourth-order valence-corrected chi connectivity index (χ4v) is 3.31. The number of nitrogens with zero attached hydrogens (tertiary/aromatic N) is 4. The van der Waals surface area contributed by atoms with Crippen LogP contribution >= 0.6 is 0 Å². The number of hydrogen-bond donors (Lipinski definition) is 1. The molecule has 0 aliphatic rings. The first-order chi connectivity index (χ1) is 13.4. The lowest BCUT2D eigenvalue weighted by Crippen LogP contribution is -2.28. The zero-order valence-electron chi connectivity index (χ0n) is 15.3. The van der Waals surface area contributed by atoms with Crippen LogP contribution in [0.5, 0.6) is 0 Å². The van der Waals surface area contributed by atoms with Crippen LogP contribution in [0.1, 0.15) is 25.6 Å². The molecule has 142 valence electrons. The van der Waals surface area contributed by atoms with Gasteiger partial charge in [0.25, 0.3) is 5.56 Å². The highest BCUT2D eigenvalue weighted by Crippen LogP contribution is 2.29. The molecule has 7 nitrogen and oxygen atoms in total. The zero-order valence-corrected chi connectivity index (χ0v) is 15.3. The second kappa shape index (κ2) is 6.56. The monoisotopic (exact) mass is 380 g/mol. The Morgan fingerprint density at radius 1 is 1.25 bits per heavy atom. The molecule has 0 saturated carbocycles. The molecule has 0 aliphatic carbocycles. The van der Waals surface area contributed by atoms with Crippen LogP contribution in [0, 0.1) is 5.82 Å². The summed E-state index contributed by atoms with van der Waals surface area (Å²) in [6.45, 7) is 3.40. The van der Waals surface area contributed by atoms with Crippen molar-refractivity contribution in [3.63, 3.8) is 0 Å². The molecule has 1 aromatic carbocycles. The molecule has 3 heterocycles. The Hall–Kier alpha value is -3.55. The van der Waals surface area contributed by atoms with Gasteiger partial charge in [-0.1, -0.05) is 19.1 Å². The van der Waals surface area contributed by atoms with E-state index in [1.54, 1.807) is 22.7 Å². The summed E-state index contributed by atoms with van der Waals surface area (Å²) >= 11 is 0. The van der Waals surface area contributed by atoms with Crippen LogP contribution < -0.4 is 5.56 Å². The molecule has 4 rings (SSSR count). The number of benzene rings is 1. The van der Waals surface area contributed by atoms with Crippen molar-refractivity contribution in [2.45, 2.75) is 26.3 Å². The number of pyridine rings is 1. The number of halogens is 1. The summed E-state index contributed by atoms with van der Waals surface area (Å²) in [5, 5.41) is 14.1. The molecule has 4 aromatic rings. The normalized spacial score (nSPS) is 12.5. The average molecular weight is 380 g/mol. The molecule has 0 bridgehead atoms. The van der Waals surface area contributed by atoms with E-state index in [1.807, 2.05) is 6.92 Å². The molecule has 0 radical (unpaired) electrons. The van der Waals surface area contributed by atoms with Gasteiger partial charge in [0.15, 0.2) is 5.65 Å². The highest BCUT2D eigenvalue weighted by Gasteiger charge is 2.20. The minimum atomic E-state index is -1.10. The van der Waals surface area contributed by atoms with Gasteiger partial charge in [0.2, 0.25) is 0 Å². The minimum Gasteiger partial charge on any atom is -0.480 e. The third-order valence-corrected chi connectivity index (χ3v) is 4.85. The Bertz CT molecular complexity index is 1270. The first-order valence-corrected chi connectivity index (χ1v) is 8.82. The van der Waals surface area contributed by atoms with Crippen LogP contribution in [-0.4, -0.2) is 30.2 Å². The van der Waals surface area contributed by atoms with E-state index in [0.717, 1.165) is 21.4 Å². The lowest BCUT2D eigenvalue weighted by atomic mass is 10.0. The van der Waals surface area contributed by atoms with Crippen LogP contribution in [-0.2, 0) is 11.2 Å². The van der Waals surface area contributed by atoms with Gasteiger partial charge < -0.3 is 9.67 Å². The van der Waals surface area contributed by atoms with Gasteiger partial charge in [0, 0.05) is 18.0 Å². The van der Waals surface area contributed by atoms with Crippen molar-refractivity contribution < 1.29 is 14.3 Å². The van der Waals surface area contributed by atoms with Crippen LogP contribution in [0.3, 0.4) is 0 Å². The second-order valence-corrected chi connectivity index (χ2v) is 6.52. The standard InChI is InChI=1S/C20H17FN4O3/c1-3-15-17(12-4-6-13(21)7-5-12)18-22-10-14-16(25(18)23-15)8-9-24(19(14)26)11(2)20(27)28/h4-11H,3H2,1-2H3,(H,27,28)/t11-/m0/s1. The molecule has 0 aliphatic heterocycles. The zero-order chi connectivity index (χ0) is 20.0. The molecule has 0 fully saturated rings. The SMILES string of the molecule is CCc1nn2c(ncc3c(=O)n([C@@H](C)C(=O)O)ccc32)c1-c1ccc(F)cc1. The highest BCUT2D eigenvalue weighted by atomic mass is 19.1. The summed E-state index contributed by atoms with van der Waals surface area (Å²) in [4.78, 5) is 28.4. The number of rotatable bonds is 4. The van der Waals surface area contributed by atoms with Gasteiger partial charge in [-0.25, -0.2) is 18.7 Å². The van der Waals surface area contributed by atoms with E-state index < -0.39 is 17.6 Å². The summed E-state index contributed by atoms with van der Waals surface area (Å²) in [6, 6.07) is 6.77. The predicted octanol–water partition coefficient (Wildman–Crippen LogP) is 3.06. The van der Waals surface area contributed by atoms with Crippen molar-refractivity contribution in [3.05, 3.63) is 64.6 Å². The molecular formula is C20H17FN4O3. The highest BCUT2D eigenvalue weighted by molar-refractivity contribution is 5.86. The fraction of sp³-hybridized carbons (Fsp3) is 0.200. The van der Waals surface area contributed by atoms with Gasteiger partial charge >= 0.3 is 5.97 Å². The van der Waals surface area contributed by atoms with E-state index in [9.17, 15) is 19.1 Å². The predicted molar refractivity (Wildman–Crippen MR) is 102 cm³/mol. The number of carboxylic acid groups (broad SMARTS) is 1. The van der Waals surface area contributed by atoms with Crippen molar-refractivity contribution in [3.8, 4) is 11.1 Å². The minimum absolute atomic E-state index is 0.277. The van der Waals surface area contributed by atoms with Gasteiger partial charge in [-0.2, -0.15) is 5.10 Å². The summed E-state index contributed by atoms with van der Waals surface area (Å²) in [7, 11) is 0. The third-order valence-electron chi connectivity index (χ3n) is 4.85. The van der Waals surface area contributed by atoms with E-state index in [1.165, 1.54) is 31.5 Å². The maximum atomic E-state index is 13.3. The number of carbonyl (C=O) groups is 1. The van der Waals surface area contributed by atoms with Crippen LogP contribution in [0.2, 0.25) is 0 Å². The summed E-state index contributed by atoms with van der Waals surface area (Å²) in [6.07, 6.45) is 3.52. The van der Waals surface area contributed by atoms with Crippen molar-refractivity contribution in [2.75, 3.05) is 0 Å². The fourth-order valence-electron chi connectivity index (χ4n) is 3.31. The molecule has 0 unspecified atom stereocenters. The number of aliphatic carboxylic acids is 1. The maximum Gasteiger partial charge on any atom is 0.326 e. The lowest BCUT2D eigenvalue weighted by Gasteiger charge is -2.11. The van der Waals surface area contributed by atoms with Crippen molar-refractivity contribution in [1.82, 2.24) is 19.2 Å². The topological polar surface area (TPSA) is 89.5 Å². The Morgan fingerprint density at radius 3 is 2.61 bits per heavy atom. The molecule has 0 spiro atoms. The van der Waals surface area contributed by atoms with Gasteiger partial charge in [-0.3, -0.25) is 4.79 Å². The molecule has 28 heavy (non-hydrogen) atoms. The molecular weight excluding hydrogens is 363 g/mol. The van der Waals surface area contributed by atoms with Crippen molar-refractivity contribution in [1.29, 1.82) is 0 Å². The Kier molecular flexibility index (Phi) is 4.18. The van der Waals surface area contributed by atoms with Crippen molar-refractivity contribution >= 4 is 22.5 Å². The van der Waals surface area contributed by atoms with Gasteiger partial charge in [0.05, 0.1) is 16.6 Å². The molecule has 0 amide bonds. The van der Waals surface area contributed by atoms with E-state index in [2.05, 4.69) is 10.1 Å². The van der Waals surface area contributed by atoms with Crippen molar-refractivity contribution in [2.24, 2.45) is 0 Å². The number of hydrogen-bond acceptors (Lipinski definition) is 4. The summed E-state index contributed by atoms with van der Waals surface area (Å²) < 4.78 is 16.1. The number of aromatic nitrogens is 4. The molecule has 1 atom stereocenters. The first-order valence-electron chi connectivity index (χ1n) is 8.82. The number of fused-ring (bicyclic) bond motifs is 3. The van der Waals surface area contributed by atoms with Crippen LogP contribution in [0.15, 0.2) is 47.5 Å². The molecule has 8 heteroatoms. The van der Waals surface area contributed by atoms with E-state index in [0.29, 0.717) is 17.6 Å². The van der Waals surface area contributed by atoms with Crippen LogP contribution in [0.4, 0.5) is 4.39 Å². The molecule has 0 saturated heterocycles. The first kappa shape index (κ1) is 17.8. The number of carboxylic acids is 1. The Balaban J connectivity index is 2.01. The number of aryl methyl sites for hydroxylation is 1. The lowest BCUT2D eigenvalue weighted by molar-refractivity contribution is -0.140. The second-order valence-electron chi connectivity index (χ2n) is 6.52. The van der Waals surface area contributed by atoms with Crippen LogP contribution in [0.25, 0.3) is 27.7 Å². The largest absolute Gasteiger partial charge is 0.480 e. The van der Waals surface area contributed by atoms with Gasteiger partial charge in [-0.15, -0.1) is 0 Å². The van der Waals surface area contributed by atoms with Gasteiger partial charge in [-0.05, 0) is 37.1 Å². The van der Waals surface area contributed by atoms with Gasteiger partial charge in [0.1, 0.15) is 11.9 Å². The maximum absolute atomic E-state index is 13.3. The smallest absolute Gasteiger partial charge is 0.326 e. The average Bonchev–Trinajstić information content (AvgIpc) is 3.07. The Labute approximate surface area is 158 Å². The molecule has 3 aromatic heterocycles. The summed E-state index contributed by atoms with van der Waals surface area (Å²) in [5.41, 5.74) is 2.99. The Morgan fingerprint density at radius 2 is 1.96 bits per heavy atom. The van der Waals surface area contributed by atoms with E-state index in [4.69, 9.17) is 0 Å². The van der Waals surface area contributed by atoms with E-state index >= 15 is 0 Å². The third kappa shape index (κ3) is 2.65. The quantitative estimate of drug-likeness (QED) is 0.588. The summed E-state index contributed by atoms with van der Waals surface area (Å²) in [5.74, 6) is -1.42. The molecule has 1 N–H and O–H groups in total. The van der Waals surface area contributed by atoms with E-state index in [-0.39, 0.29) is 11.2 Å².